The van der Waals surface area contributed by atoms with E-state index in [1.165, 1.54) is 0 Å². The van der Waals surface area contributed by atoms with Gasteiger partial charge in [-0.15, -0.1) is 0 Å². The first-order valence-electron chi connectivity index (χ1n) is 6.39. The Labute approximate surface area is 118 Å². The lowest BCUT2D eigenvalue weighted by Gasteiger charge is -2.12. The Balaban J connectivity index is 1.98. The molecule has 0 spiro atoms. The van der Waals surface area contributed by atoms with Crippen molar-refractivity contribution < 1.29 is 9.53 Å². The van der Waals surface area contributed by atoms with Gasteiger partial charge < -0.3 is 9.30 Å². The molecule has 0 aliphatic carbocycles. The van der Waals surface area contributed by atoms with Crippen molar-refractivity contribution in [1.82, 2.24) is 9.55 Å². The number of ether oxygens (including phenoxy) is 1. The Morgan fingerprint density at radius 2 is 2.37 bits per heavy atom. The zero-order valence-electron chi connectivity index (χ0n) is 11.0. The number of hydrogen-bond acceptors (Lipinski definition) is 4. The molecule has 2 aromatic heterocycles. The van der Waals surface area contributed by atoms with Crippen LogP contribution in [0.1, 0.15) is 13.3 Å². The zero-order chi connectivity index (χ0) is 13.7. The minimum absolute atomic E-state index is 0.167. The third-order valence-corrected chi connectivity index (χ3v) is 3.26. The normalized spacial score (nSPS) is 12.5. The monoisotopic (exact) mass is 278 g/mol. The van der Waals surface area contributed by atoms with Crippen LogP contribution in [0.25, 0.3) is 11.0 Å². The average molecular weight is 278 g/mol. The van der Waals surface area contributed by atoms with Crippen LogP contribution in [0.4, 0.5) is 0 Å². The van der Waals surface area contributed by atoms with Crippen molar-refractivity contribution >= 4 is 29.6 Å². The molecule has 5 heteroatoms. The van der Waals surface area contributed by atoms with E-state index >= 15 is 0 Å². The van der Waals surface area contributed by atoms with Crippen LogP contribution in [0.2, 0.25) is 0 Å². The predicted octanol–water partition coefficient (Wildman–Crippen LogP) is 2.54. The quantitative estimate of drug-likeness (QED) is 0.502. The van der Waals surface area contributed by atoms with Gasteiger partial charge in [0.2, 0.25) is 0 Å². The first kappa shape index (κ1) is 13.9. The maximum absolute atomic E-state index is 11.8. The van der Waals surface area contributed by atoms with Gasteiger partial charge in [-0.3, -0.25) is 4.79 Å². The molecule has 0 aliphatic rings. The molecule has 1 unspecified atom stereocenters. The molecule has 102 valence electrons. The number of aromatic nitrogens is 2. The van der Waals surface area contributed by atoms with E-state index in [-0.39, 0.29) is 11.9 Å². The fraction of sp³-hybridized carbons (Fsp3) is 0.429. The Hall–Kier alpha value is -1.49. The number of nitrogens with zero attached hydrogens (tertiary/aromatic N) is 2. The Kier molecular flexibility index (Phi) is 4.85. The van der Waals surface area contributed by atoms with E-state index < -0.39 is 0 Å². The second-order valence-electron chi connectivity index (χ2n) is 4.53. The van der Waals surface area contributed by atoms with E-state index in [1.54, 1.807) is 6.20 Å². The van der Waals surface area contributed by atoms with Crippen molar-refractivity contribution in [3.8, 4) is 0 Å². The number of carbonyl (C=O) groups excluding carboxylic acids is 1. The molecule has 1 atom stereocenters. The lowest BCUT2D eigenvalue weighted by molar-refractivity contribution is -0.148. The summed E-state index contributed by atoms with van der Waals surface area (Å²) in [5, 5.41) is 1.08. The largest absolute Gasteiger partial charge is 0.465 e. The summed E-state index contributed by atoms with van der Waals surface area (Å²) >= 11 is 4.08. The van der Waals surface area contributed by atoms with Crippen LogP contribution in [0.5, 0.6) is 0 Å². The summed E-state index contributed by atoms with van der Waals surface area (Å²) in [5.74, 6) is 0.380. The Bertz CT molecular complexity index is 553. The van der Waals surface area contributed by atoms with E-state index in [4.69, 9.17) is 4.74 Å². The van der Waals surface area contributed by atoms with Gasteiger partial charge in [-0.25, -0.2) is 4.98 Å². The lowest BCUT2D eigenvalue weighted by atomic mass is 10.2. The summed E-state index contributed by atoms with van der Waals surface area (Å²) in [4.78, 5) is 16.1. The molecular weight excluding hydrogens is 260 g/mol. The van der Waals surface area contributed by atoms with Gasteiger partial charge >= 0.3 is 5.97 Å². The third-order valence-electron chi connectivity index (χ3n) is 2.94. The number of hydrogen-bond donors (Lipinski definition) is 1. The SMILES string of the molecule is CC(Cn1ccc2cccnc21)C(=O)OCCCS. The van der Waals surface area contributed by atoms with Gasteiger partial charge in [0.05, 0.1) is 12.5 Å². The molecule has 0 radical (unpaired) electrons. The summed E-state index contributed by atoms with van der Waals surface area (Å²) in [6, 6.07) is 5.91. The van der Waals surface area contributed by atoms with E-state index in [2.05, 4.69) is 17.6 Å². The van der Waals surface area contributed by atoms with Crippen molar-refractivity contribution in [3.05, 3.63) is 30.6 Å². The first-order valence-corrected chi connectivity index (χ1v) is 7.03. The molecule has 0 aliphatic heterocycles. The smallest absolute Gasteiger partial charge is 0.310 e. The highest BCUT2D eigenvalue weighted by molar-refractivity contribution is 7.80. The Morgan fingerprint density at radius 3 is 3.16 bits per heavy atom. The van der Waals surface area contributed by atoms with E-state index in [0.717, 1.165) is 23.2 Å². The van der Waals surface area contributed by atoms with Crippen molar-refractivity contribution in [2.45, 2.75) is 19.9 Å². The minimum atomic E-state index is -0.183. The first-order chi connectivity index (χ1) is 9.22. The van der Waals surface area contributed by atoms with Crippen molar-refractivity contribution in [3.63, 3.8) is 0 Å². The summed E-state index contributed by atoms with van der Waals surface area (Å²) in [6.07, 6.45) is 4.50. The highest BCUT2D eigenvalue weighted by Crippen LogP contribution is 2.14. The standard InChI is InChI=1S/C14H18N2O2S/c1-11(14(17)18-8-3-9-19)10-16-7-5-12-4-2-6-15-13(12)16/h2,4-7,11,19H,3,8-10H2,1H3. The topological polar surface area (TPSA) is 44.1 Å². The number of pyridine rings is 1. The van der Waals surface area contributed by atoms with Gasteiger partial charge in [-0.05, 0) is 30.4 Å². The molecule has 0 bridgehead atoms. The number of esters is 1. The number of carbonyl (C=O) groups is 1. The minimum Gasteiger partial charge on any atom is -0.465 e. The molecule has 2 aromatic rings. The molecule has 2 heterocycles. The van der Waals surface area contributed by atoms with Gasteiger partial charge in [-0.1, -0.05) is 6.92 Å². The summed E-state index contributed by atoms with van der Waals surface area (Å²) in [7, 11) is 0. The molecule has 0 aromatic carbocycles. The highest BCUT2D eigenvalue weighted by Gasteiger charge is 2.16. The zero-order valence-corrected chi connectivity index (χ0v) is 11.8. The van der Waals surface area contributed by atoms with Crippen LogP contribution in [0.3, 0.4) is 0 Å². The number of fused-ring (bicyclic) bond motifs is 1. The molecule has 2 rings (SSSR count). The van der Waals surface area contributed by atoms with E-state index in [9.17, 15) is 4.79 Å². The van der Waals surface area contributed by atoms with Crippen LogP contribution < -0.4 is 0 Å². The molecule has 0 amide bonds. The fourth-order valence-corrected chi connectivity index (χ4v) is 2.05. The van der Waals surface area contributed by atoms with E-state index in [0.29, 0.717) is 13.2 Å². The maximum atomic E-state index is 11.8. The summed E-state index contributed by atoms with van der Waals surface area (Å²) in [5.41, 5.74) is 0.900. The van der Waals surface area contributed by atoms with E-state index in [1.807, 2.05) is 35.9 Å². The fourth-order valence-electron chi connectivity index (χ4n) is 1.92. The van der Waals surface area contributed by atoms with Gasteiger partial charge in [0, 0.05) is 24.3 Å². The molecule has 0 saturated carbocycles. The van der Waals surface area contributed by atoms with Crippen molar-refractivity contribution in [2.24, 2.45) is 5.92 Å². The Morgan fingerprint density at radius 1 is 1.53 bits per heavy atom. The van der Waals surface area contributed by atoms with Crippen LogP contribution in [0, 0.1) is 5.92 Å². The van der Waals surface area contributed by atoms with Crippen LogP contribution >= 0.6 is 12.6 Å². The van der Waals surface area contributed by atoms with Crippen LogP contribution in [0.15, 0.2) is 30.6 Å². The third kappa shape index (κ3) is 3.50. The van der Waals surface area contributed by atoms with Crippen molar-refractivity contribution in [1.29, 1.82) is 0 Å². The molecule has 19 heavy (non-hydrogen) atoms. The maximum Gasteiger partial charge on any atom is 0.310 e. The highest BCUT2D eigenvalue weighted by atomic mass is 32.1. The summed E-state index contributed by atoms with van der Waals surface area (Å²) in [6.45, 7) is 2.90. The molecule has 0 fully saturated rings. The average Bonchev–Trinajstić information content (AvgIpc) is 2.82. The molecule has 0 N–H and O–H groups in total. The number of rotatable bonds is 6. The van der Waals surface area contributed by atoms with Crippen LogP contribution in [-0.4, -0.2) is 27.9 Å². The van der Waals surface area contributed by atoms with Gasteiger partial charge in [0.25, 0.3) is 0 Å². The van der Waals surface area contributed by atoms with Crippen molar-refractivity contribution in [2.75, 3.05) is 12.4 Å². The van der Waals surface area contributed by atoms with Gasteiger partial charge in [0.1, 0.15) is 5.65 Å². The lowest BCUT2D eigenvalue weighted by Crippen LogP contribution is -2.20. The second kappa shape index (κ2) is 6.61. The van der Waals surface area contributed by atoms with Gasteiger partial charge in [0.15, 0.2) is 0 Å². The second-order valence-corrected chi connectivity index (χ2v) is 4.98. The molecule has 4 nitrogen and oxygen atoms in total. The number of thiol groups is 1. The van der Waals surface area contributed by atoms with Crippen LogP contribution in [-0.2, 0) is 16.1 Å². The summed E-state index contributed by atoms with van der Waals surface area (Å²) < 4.78 is 7.17. The predicted molar refractivity (Wildman–Crippen MR) is 78.3 cm³/mol. The van der Waals surface area contributed by atoms with Gasteiger partial charge in [-0.2, -0.15) is 12.6 Å². The molecular formula is C14H18N2O2S. The molecule has 0 saturated heterocycles.